The fourth-order valence-corrected chi connectivity index (χ4v) is 2.09. The molecule has 1 aliphatic heterocycles. The van der Waals surface area contributed by atoms with Crippen molar-refractivity contribution >= 4 is 0 Å². The molecule has 0 bridgehead atoms. The van der Waals surface area contributed by atoms with Gasteiger partial charge in [0.15, 0.2) is 0 Å². The standard InChI is InChI=1S/C11H19N3O/c1-8-4-11(7-14(8)3)12-6-10-5-9(2)15-13-10/h5,8,11-12H,4,6-7H2,1-3H3. The van der Waals surface area contributed by atoms with Crippen LogP contribution in [0.2, 0.25) is 0 Å². The van der Waals surface area contributed by atoms with Crippen LogP contribution in [-0.4, -0.2) is 35.7 Å². The first-order valence-electron chi connectivity index (χ1n) is 5.51. The Labute approximate surface area is 90.6 Å². The molecule has 2 heterocycles. The maximum absolute atomic E-state index is 5.02. The number of aryl methyl sites for hydroxylation is 1. The monoisotopic (exact) mass is 209 g/mol. The lowest BCUT2D eigenvalue weighted by atomic mass is 10.2. The number of nitrogens with zero attached hydrogens (tertiary/aromatic N) is 2. The van der Waals surface area contributed by atoms with E-state index in [9.17, 15) is 0 Å². The molecule has 1 aliphatic rings. The molecule has 84 valence electrons. The molecule has 1 N–H and O–H groups in total. The molecule has 2 rings (SSSR count). The molecule has 1 aromatic rings. The minimum Gasteiger partial charge on any atom is -0.361 e. The molecule has 4 nitrogen and oxygen atoms in total. The van der Waals surface area contributed by atoms with Crippen LogP contribution in [0.5, 0.6) is 0 Å². The third kappa shape index (κ3) is 2.58. The zero-order chi connectivity index (χ0) is 10.8. The highest BCUT2D eigenvalue weighted by atomic mass is 16.5. The van der Waals surface area contributed by atoms with Gasteiger partial charge in [-0.3, -0.25) is 0 Å². The topological polar surface area (TPSA) is 41.3 Å². The van der Waals surface area contributed by atoms with Crippen LogP contribution in [0.4, 0.5) is 0 Å². The number of hydrogen-bond donors (Lipinski definition) is 1. The predicted molar refractivity (Wildman–Crippen MR) is 58.6 cm³/mol. The van der Waals surface area contributed by atoms with Crippen molar-refractivity contribution in [1.82, 2.24) is 15.4 Å². The lowest BCUT2D eigenvalue weighted by Gasteiger charge is -2.12. The van der Waals surface area contributed by atoms with Gasteiger partial charge >= 0.3 is 0 Å². The molecule has 2 unspecified atom stereocenters. The van der Waals surface area contributed by atoms with E-state index in [1.807, 2.05) is 13.0 Å². The molecule has 1 fully saturated rings. The second kappa shape index (κ2) is 4.33. The molecular formula is C11H19N3O. The lowest BCUT2D eigenvalue weighted by Crippen LogP contribution is -2.31. The number of likely N-dealkylation sites (tertiary alicyclic amines) is 1. The summed E-state index contributed by atoms with van der Waals surface area (Å²) in [6.07, 6.45) is 1.22. The quantitative estimate of drug-likeness (QED) is 0.811. The molecule has 0 aliphatic carbocycles. The summed E-state index contributed by atoms with van der Waals surface area (Å²) in [5, 5.41) is 7.47. The van der Waals surface area contributed by atoms with Gasteiger partial charge in [0.25, 0.3) is 0 Å². The van der Waals surface area contributed by atoms with E-state index in [-0.39, 0.29) is 0 Å². The van der Waals surface area contributed by atoms with Gasteiger partial charge in [-0.05, 0) is 27.3 Å². The van der Waals surface area contributed by atoms with Crippen LogP contribution in [0.3, 0.4) is 0 Å². The highest BCUT2D eigenvalue weighted by Crippen LogP contribution is 2.15. The largest absolute Gasteiger partial charge is 0.361 e. The Morgan fingerprint density at radius 3 is 3.00 bits per heavy atom. The molecule has 1 aromatic heterocycles. The molecule has 1 saturated heterocycles. The van der Waals surface area contributed by atoms with Crippen molar-refractivity contribution < 1.29 is 4.52 Å². The van der Waals surface area contributed by atoms with E-state index in [4.69, 9.17) is 4.52 Å². The van der Waals surface area contributed by atoms with Gasteiger partial charge in [-0.25, -0.2) is 0 Å². The Balaban J connectivity index is 1.79. The van der Waals surface area contributed by atoms with Gasteiger partial charge < -0.3 is 14.7 Å². The van der Waals surface area contributed by atoms with Crippen LogP contribution in [0.1, 0.15) is 24.8 Å². The number of nitrogens with one attached hydrogen (secondary N) is 1. The summed E-state index contributed by atoms with van der Waals surface area (Å²) in [5.41, 5.74) is 0.995. The van der Waals surface area contributed by atoms with E-state index < -0.39 is 0 Å². The molecule has 2 atom stereocenters. The van der Waals surface area contributed by atoms with Crippen LogP contribution >= 0.6 is 0 Å². The lowest BCUT2D eigenvalue weighted by molar-refractivity contribution is 0.326. The first-order chi connectivity index (χ1) is 7.15. The second-order valence-corrected chi connectivity index (χ2v) is 4.53. The Bertz CT molecular complexity index is 313. The Morgan fingerprint density at radius 2 is 2.47 bits per heavy atom. The third-order valence-corrected chi connectivity index (χ3v) is 3.14. The zero-order valence-corrected chi connectivity index (χ0v) is 9.66. The highest BCUT2D eigenvalue weighted by Gasteiger charge is 2.25. The number of rotatable bonds is 3. The Kier molecular flexibility index (Phi) is 3.07. The van der Waals surface area contributed by atoms with Gasteiger partial charge in [0.05, 0.1) is 5.69 Å². The van der Waals surface area contributed by atoms with E-state index in [1.54, 1.807) is 0 Å². The summed E-state index contributed by atoms with van der Waals surface area (Å²) < 4.78 is 5.02. The van der Waals surface area contributed by atoms with Gasteiger partial charge in [-0.2, -0.15) is 0 Å². The number of likely N-dealkylation sites (N-methyl/N-ethyl adjacent to an activating group) is 1. The Hall–Kier alpha value is -0.870. The van der Waals surface area contributed by atoms with Crippen molar-refractivity contribution in [2.24, 2.45) is 0 Å². The van der Waals surface area contributed by atoms with E-state index in [2.05, 4.69) is 29.3 Å². The van der Waals surface area contributed by atoms with Crippen molar-refractivity contribution in [3.63, 3.8) is 0 Å². The van der Waals surface area contributed by atoms with Crippen LogP contribution in [0.25, 0.3) is 0 Å². The van der Waals surface area contributed by atoms with Crippen molar-refractivity contribution in [3.8, 4) is 0 Å². The summed E-state index contributed by atoms with van der Waals surface area (Å²) in [6, 6.07) is 3.25. The predicted octanol–water partition coefficient (Wildman–Crippen LogP) is 1.17. The van der Waals surface area contributed by atoms with Crippen molar-refractivity contribution in [2.75, 3.05) is 13.6 Å². The SMILES string of the molecule is Cc1cc(CNC2CC(C)N(C)C2)no1. The molecule has 4 heteroatoms. The molecule has 0 radical (unpaired) electrons. The fraction of sp³-hybridized carbons (Fsp3) is 0.727. The van der Waals surface area contributed by atoms with E-state index in [0.29, 0.717) is 12.1 Å². The average Bonchev–Trinajstić information content (AvgIpc) is 2.72. The molecule has 0 amide bonds. The highest BCUT2D eigenvalue weighted by molar-refractivity contribution is 5.03. The van der Waals surface area contributed by atoms with Gasteiger partial charge in [-0.15, -0.1) is 0 Å². The van der Waals surface area contributed by atoms with Gasteiger partial charge in [-0.1, -0.05) is 5.16 Å². The van der Waals surface area contributed by atoms with Crippen molar-refractivity contribution in [1.29, 1.82) is 0 Å². The minimum absolute atomic E-state index is 0.585. The van der Waals surface area contributed by atoms with Crippen LogP contribution < -0.4 is 5.32 Å². The normalized spacial score (nSPS) is 27.4. The number of aromatic nitrogens is 1. The zero-order valence-electron chi connectivity index (χ0n) is 9.66. The summed E-state index contributed by atoms with van der Waals surface area (Å²) in [5.74, 6) is 0.878. The molecular weight excluding hydrogens is 190 g/mol. The summed E-state index contributed by atoms with van der Waals surface area (Å²) in [7, 11) is 2.17. The van der Waals surface area contributed by atoms with Gasteiger partial charge in [0, 0.05) is 31.2 Å². The fourth-order valence-electron chi connectivity index (χ4n) is 2.09. The van der Waals surface area contributed by atoms with Gasteiger partial charge in [0.2, 0.25) is 0 Å². The number of hydrogen-bond acceptors (Lipinski definition) is 4. The molecule has 0 saturated carbocycles. The van der Waals surface area contributed by atoms with Gasteiger partial charge in [0.1, 0.15) is 5.76 Å². The summed E-state index contributed by atoms with van der Waals surface area (Å²) in [6.45, 7) is 6.12. The first kappa shape index (κ1) is 10.6. The molecule has 0 spiro atoms. The minimum atomic E-state index is 0.585. The van der Waals surface area contributed by atoms with Crippen LogP contribution in [-0.2, 0) is 6.54 Å². The molecule has 0 aromatic carbocycles. The van der Waals surface area contributed by atoms with Crippen LogP contribution in [0.15, 0.2) is 10.6 Å². The first-order valence-corrected chi connectivity index (χ1v) is 5.51. The maximum atomic E-state index is 5.02. The van der Waals surface area contributed by atoms with E-state index in [1.165, 1.54) is 6.42 Å². The maximum Gasteiger partial charge on any atom is 0.133 e. The smallest absolute Gasteiger partial charge is 0.133 e. The Morgan fingerprint density at radius 1 is 1.67 bits per heavy atom. The van der Waals surface area contributed by atoms with Crippen LogP contribution in [0, 0.1) is 6.92 Å². The van der Waals surface area contributed by atoms with Crippen molar-refractivity contribution in [2.45, 2.75) is 38.9 Å². The third-order valence-electron chi connectivity index (χ3n) is 3.14. The van der Waals surface area contributed by atoms with Crippen molar-refractivity contribution in [3.05, 3.63) is 17.5 Å². The summed E-state index contributed by atoms with van der Waals surface area (Å²) >= 11 is 0. The van der Waals surface area contributed by atoms with E-state index in [0.717, 1.165) is 24.5 Å². The van der Waals surface area contributed by atoms with E-state index >= 15 is 0 Å². The summed E-state index contributed by atoms with van der Waals surface area (Å²) in [4.78, 5) is 2.38. The molecule has 15 heavy (non-hydrogen) atoms. The second-order valence-electron chi connectivity index (χ2n) is 4.53. The average molecular weight is 209 g/mol.